The van der Waals surface area contributed by atoms with Crippen LogP contribution >= 0.6 is 0 Å². The lowest BCUT2D eigenvalue weighted by atomic mass is 9.93. The van der Waals surface area contributed by atoms with Crippen molar-refractivity contribution in [1.82, 2.24) is 10.3 Å². The standard InChI is InChI=1S/C15H25N3O2/c1-5-15(16,6-2)14(19)18-10-12-8-7-9-17-13(12)20-11(3)4/h7-9,11H,5-6,10,16H2,1-4H3,(H,18,19). The Morgan fingerprint density at radius 3 is 2.65 bits per heavy atom. The lowest BCUT2D eigenvalue weighted by molar-refractivity contribution is -0.126. The molecule has 0 aliphatic carbocycles. The summed E-state index contributed by atoms with van der Waals surface area (Å²) < 4.78 is 5.62. The van der Waals surface area contributed by atoms with Gasteiger partial charge in [-0.1, -0.05) is 19.9 Å². The van der Waals surface area contributed by atoms with Crippen LogP contribution < -0.4 is 15.8 Å². The summed E-state index contributed by atoms with van der Waals surface area (Å²) in [5.74, 6) is 0.417. The summed E-state index contributed by atoms with van der Waals surface area (Å²) in [6.07, 6.45) is 2.93. The van der Waals surface area contributed by atoms with E-state index in [9.17, 15) is 4.79 Å². The third-order valence-electron chi connectivity index (χ3n) is 3.35. The maximum Gasteiger partial charge on any atom is 0.240 e. The molecule has 1 heterocycles. The number of nitrogens with one attached hydrogen (secondary N) is 1. The third-order valence-corrected chi connectivity index (χ3v) is 3.35. The molecule has 0 saturated heterocycles. The van der Waals surface area contributed by atoms with E-state index in [-0.39, 0.29) is 12.0 Å². The number of carbonyl (C=O) groups is 1. The van der Waals surface area contributed by atoms with Gasteiger partial charge in [0, 0.05) is 18.3 Å². The molecule has 0 aliphatic rings. The first-order valence-corrected chi connectivity index (χ1v) is 7.10. The second-order valence-corrected chi connectivity index (χ2v) is 5.18. The molecule has 0 atom stereocenters. The van der Waals surface area contributed by atoms with Crippen LogP contribution in [0.3, 0.4) is 0 Å². The Hall–Kier alpha value is -1.62. The van der Waals surface area contributed by atoms with Gasteiger partial charge in [-0.3, -0.25) is 4.79 Å². The van der Waals surface area contributed by atoms with Gasteiger partial charge in [0.05, 0.1) is 11.6 Å². The Morgan fingerprint density at radius 1 is 1.45 bits per heavy atom. The van der Waals surface area contributed by atoms with Crippen molar-refractivity contribution in [3.8, 4) is 5.88 Å². The van der Waals surface area contributed by atoms with Crippen molar-refractivity contribution in [2.75, 3.05) is 0 Å². The SMILES string of the molecule is CCC(N)(CC)C(=O)NCc1cccnc1OC(C)C. The molecule has 0 bridgehead atoms. The van der Waals surface area contributed by atoms with Crippen LogP contribution in [0.4, 0.5) is 0 Å². The van der Waals surface area contributed by atoms with Gasteiger partial charge in [-0.25, -0.2) is 4.98 Å². The number of amides is 1. The number of nitrogens with two attached hydrogens (primary N) is 1. The minimum absolute atomic E-state index is 0.0410. The molecule has 1 amide bonds. The number of hydrogen-bond acceptors (Lipinski definition) is 4. The van der Waals surface area contributed by atoms with Crippen molar-refractivity contribution in [3.63, 3.8) is 0 Å². The molecular formula is C15H25N3O2. The zero-order valence-electron chi connectivity index (χ0n) is 12.8. The minimum atomic E-state index is -0.804. The van der Waals surface area contributed by atoms with E-state index in [0.29, 0.717) is 25.3 Å². The van der Waals surface area contributed by atoms with Crippen molar-refractivity contribution in [3.05, 3.63) is 23.9 Å². The van der Waals surface area contributed by atoms with E-state index in [1.54, 1.807) is 6.20 Å². The molecule has 20 heavy (non-hydrogen) atoms. The lowest BCUT2D eigenvalue weighted by Gasteiger charge is -2.25. The Balaban J connectivity index is 2.73. The van der Waals surface area contributed by atoms with E-state index in [4.69, 9.17) is 10.5 Å². The summed E-state index contributed by atoms with van der Waals surface area (Å²) >= 11 is 0. The average molecular weight is 279 g/mol. The van der Waals surface area contributed by atoms with Gasteiger partial charge in [-0.2, -0.15) is 0 Å². The molecule has 5 nitrogen and oxygen atoms in total. The highest BCUT2D eigenvalue weighted by Crippen LogP contribution is 2.17. The molecule has 0 spiro atoms. The number of hydrogen-bond donors (Lipinski definition) is 2. The summed E-state index contributed by atoms with van der Waals surface area (Å²) in [5, 5.41) is 2.87. The Bertz CT molecular complexity index is 442. The first-order valence-electron chi connectivity index (χ1n) is 7.10. The first kappa shape index (κ1) is 16.4. The van der Waals surface area contributed by atoms with Crippen molar-refractivity contribution < 1.29 is 9.53 Å². The number of pyridine rings is 1. The van der Waals surface area contributed by atoms with Crippen LogP contribution in [-0.4, -0.2) is 22.5 Å². The number of carbonyl (C=O) groups excluding carboxylic acids is 1. The lowest BCUT2D eigenvalue weighted by Crippen LogP contribution is -2.52. The molecular weight excluding hydrogens is 254 g/mol. The molecule has 0 aliphatic heterocycles. The van der Waals surface area contributed by atoms with E-state index in [1.807, 2.05) is 39.8 Å². The Kier molecular flexibility index (Phi) is 5.95. The molecule has 5 heteroatoms. The first-order chi connectivity index (χ1) is 9.42. The molecule has 1 rings (SSSR count). The predicted molar refractivity (Wildman–Crippen MR) is 79.3 cm³/mol. The number of aromatic nitrogens is 1. The van der Waals surface area contributed by atoms with Crippen LogP contribution in [0.15, 0.2) is 18.3 Å². The molecule has 0 saturated carbocycles. The van der Waals surface area contributed by atoms with Gasteiger partial charge in [0.25, 0.3) is 0 Å². The fourth-order valence-corrected chi connectivity index (χ4v) is 1.81. The van der Waals surface area contributed by atoms with Crippen LogP contribution in [0.2, 0.25) is 0 Å². The zero-order chi connectivity index (χ0) is 15.2. The highest BCUT2D eigenvalue weighted by Gasteiger charge is 2.29. The molecule has 1 aromatic heterocycles. The highest BCUT2D eigenvalue weighted by atomic mass is 16.5. The van der Waals surface area contributed by atoms with Crippen LogP contribution in [0.1, 0.15) is 46.1 Å². The second-order valence-electron chi connectivity index (χ2n) is 5.18. The van der Waals surface area contributed by atoms with Gasteiger partial charge in [0.2, 0.25) is 11.8 Å². The van der Waals surface area contributed by atoms with Gasteiger partial charge in [-0.15, -0.1) is 0 Å². The molecule has 3 N–H and O–H groups in total. The fraction of sp³-hybridized carbons (Fsp3) is 0.600. The highest BCUT2D eigenvalue weighted by molar-refractivity contribution is 5.85. The maximum atomic E-state index is 12.1. The Labute approximate surface area is 120 Å². The quantitative estimate of drug-likeness (QED) is 0.800. The van der Waals surface area contributed by atoms with E-state index >= 15 is 0 Å². The second kappa shape index (κ2) is 7.24. The predicted octanol–water partition coefficient (Wildman–Crippen LogP) is 2.00. The molecule has 0 fully saturated rings. The fourth-order valence-electron chi connectivity index (χ4n) is 1.81. The molecule has 0 radical (unpaired) electrons. The van der Waals surface area contributed by atoms with Crippen molar-refractivity contribution in [2.24, 2.45) is 5.73 Å². The summed E-state index contributed by atoms with van der Waals surface area (Å²) in [4.78, 5) is 16.3. The van der Waals surface area contributed by atoms with Crippen LogP contribution in [-0.2, 0) is 11.3 Å². The van der Waals surface area contributed by atoms with Gasteiger partial charge >= 0.3 is 0 Å². The summed E-state index contributed by atoms with van der Waals surface area (Å²) in [6.45, 7) is 8.08. The van der Waals surface area contributed by atoms with Crippen LogP contribution in [0, 0.1) is 0 Å². The minimum Gasteiger partial charge on any atom is -0.475 e. The van der Waals surface area contributed by atoms with Crippen molar-refractivity contribution in [1.29, 1.82) is 0 Å². The van der Waals surface area contributed by atoms with Crippen LogP contribution in [0.5, 0.6) is 5.88 Å². The topological polar surface area (TPSA) is 77.2 Å². The molecule has 112 valence electrons. The summed E-state index contributed by atoms with van der Waals surface area (Å²) in [5.41, 5.74) is 6.11. The Morgan fingerprint density at radius 2 is 2.10 bits per heavy atom. The largest absolute Gasteiger partial charge is 0.475 e. The number of nitrogens with zero attached hydrogens (tertiary/aromatic N) is 1. The van der Waals surface area contributed by atoms with E-state index < -0.39 is 5.54 Å². The van der Waals surface area contributed by atoms with Gasteiger partial charge in [0.1, 0.15) is 0 Å². The molecule has 1 aromatic rings. The van der Waals surface area contributed by atoms with Crippen LogP contribution in [0.25, 0.3) is 0 Å². The van der Waals surface area contributed by atoms with Gasteiger partial charge in [-0.05, 0) is 32.8 Å². The maximum absolute atomic E-state index is 12.1. The smallest absolute Gasteiger partial charge is 0.240 e. The molecule has 0 aromatic carbocycles. The summed E-state index contributed by atoms with van der Waals surface area (Å²) in [6, 6.07) is 3.71. The monoisotopic (exact) mass is 279 g/mol. The van der Waals surface area contributed by atoms with E-state index in [0.717, 1.165) is 5.56 Å². The van der Waals surface area contributed by atoms with Gasteiger partial charge in [0.15, 0.2) is 0 Å². The number of rotatable bonds is 7. The normalized spacial score (nSPS) is 11.5. The zero-order valence-corrected chi connectivity index (χ0v) is 12.8. The number of ether oxygens (including phenoxy) is 1. The van der Waals surface area contributed by atoms with Crippen molar-refractivity contribution in [2.45, 2.75) is 58.7 Å². The third kappa shape index (κ3) is 4.20. The molecule has 0 unspecified atom stereocenters. The van der Waals surface area contributed by atoms with Crippen molar-refractivity contribution >= 4 is 5.91 Å². The van der Waals surface area contributed by atoms with Gasteiger partial charge < -0.3 is 15.8 Å². The van der Waals surface area contributed by atoms with E-state index in [1.165, 1.54) is 0 Å². The van der Waals surface area contributed by atoms with E-state index in [2.05, 4.69) is 10.3 Å². The average Bonchev–Trinajstić information content (AvgIpc) is 2.44. The summed E-state index contributed by atoms with van der Waals surface area (Å²) in [7, 11) is 0.